The van der Waals surface area contributed by atoms with Gasteiger partial charge in [0.2, 0.25) is 0 Å². The largest absolute Gasteiger partial charge is 0.508 e. The number of hydrogen-bond donors (Lipinski definition) is 2. The van der Waals surface area contributed by atoms with Crippen LogP contribution < -0.4 is 5.32 Å². The van der Waals surface area contributed by atoms with Crippen LogP contribution in [0.4, 0.5) is 5.69 Å². The summed E-state index contributed by atoms with van der Waals surface area (Å²) in [5, 5.41) is 17.7. The fraction of sp³-hybridized carbons (Fsp3) is 0.167. The summed E-state index contributed by atoms with van der Waals surface area (Å²) in [4.78, 5) is 0. The van der Waals surface area contributed by atoms with Crippen LogP contribution >= 0.6 is 0 Å². The van der Waals surface area contributed by atoms with Gasteiger partial charge < -0.3 is 10.4 Å². The van der Waals surface area contributed by atoms with E-state index >= 15 is 0 Å². The number of aromatic nitrogens is 2. The minimum atomic E-state index is -0.0699. The van der Waals surface area contributed by atoms with Gasteiger partial charge in [0, 0.05) is 11.3 Å². The second-order valence-electron chi connectivity index (χ2n) is 5.80. The topological polar surface area (TPSA) is 50.1 Å². The monoisotopic (exact) mass is 291 g/mol. The molecule has 0 saturated carbocycles. The number of nitrogens with one attached hydrogen (secondary N) is 1. The van der Waals surface area contributed by atoms with Crippen molar-refractivity contribution in [2.24, 2.45) is 0 Å². The van der Waals surface area contributed by atoms with Crippen LogP contribution in [0.3, 0.4) is 0 Å². The van der Waals surface area contributed by atoms with E-state index in [1.807, 2.05) is 23.7 Å². The molecular formula is C18H17N3O. The van der Waals surface area contributed by atoms with E-state index in [9.17, 15) is 5.11 Å². The van der Waals surface area contributed by atoms with Crippen molar-refractivity contribution in [3.63, 3.8) is 0 Å². The van der Waals surface area contributed by atoms with E-state index in [-0.39, 0.29) is 11.9 Å². The summed E-state index contributed by atoms with van der Waals surface area (Å²) >= 11 is 0. The van der Waals surface area contributed by atoms with Gasteiger partial charge in [-0.2, -0.15) is 5.10 Å². The van der Waals surface area contributed by atoms with Crippen molar-refractivity contribution in [3.05, 3.63) is 65.4 Å². The Labute approximate surface area is 129 Å². The number of phenolic OH excluding ortho intramolecular Hbond substituents is 1. The van der Waals surface area contributed by atoms with Crippen molar-refractivity contribution in [1.82, 2.24) is 9.78 Å². The summed E-state index contributed by atoms with van der Waals surface area (Å²) in [7, 11) is 0. The first-order chi connectivity index (χ1) is 10.6. The summed E-state index contributed by atoms with van der Waals surface area (Å²) in [6.45, 7) is 4.11. The molecule has 4 nitrogen and oxygen atoms in total. The summed E-state index contributed by atoms with van der Waals surface area (Å²) < 4.78 is 2.02. The van der Waals surface area contributed by atoms with Crippen LogP contribution in [-0.2, 0) is 0 Å². The van der Waals surface area contributed by atoms with Gasteiger partial charge in [-0.3, -0.25) is 0 Å². The molecule has 0 fully saturated rings. The van der Waals surface area contributed by atoms with Gasteiger partial charge in [0.05, 0.1) is 11.4 Å². The Morgan fingerprint density at radius 1 is 1.05 bits per heavy atom. The highest BCUT2D eigenvalue weighted by Crippen LogP contribution is 2.39. The van der Waals surface area contributed by atoms with Crippen LogP contribution in [0.5, 0.6) is 5.75 Å². The molecule has 0 amide bonds. The third-order valence-electron chi connectivity index (χ3n) is 4.05. The molecule has 1 aromatic heterocycles. The molecule has 3 aromatic rings. The summed E-state index contributed by atoms with van der Waals surface area (Å²) in [6, 6.07) is 15.8. The maximum Gasteiger partial charge on any atom is 0.147 e. The van der Waals surface area contributed by atoms with Crippen molar-refractivity contribution >= 4 is 5.69 Å². The maximum absolute atomic E-state index is 9.50. The molecule has 4 heteroatoms. The first-order valence-electron chi connectivity index (χ1n) is 7.34. The third-order valence-corrected chi connectivity index (χ3v) is 4.05. The molecule has 0 bridgehead atoms. The van der Waals surface area contributed by atoms with Crippen molar-refractivity contribution in [3.8, 4) is 17.0 Å². The maximum atomic E-state index is 9.50. The summed E-state index contributed by atoms with van der Waals surface area (Å²) in [5.41, 5.74) is 6.69. The fourth-order valence-corrected chi connectivity index (χ4v) is 3.00. The smallest absolute Gasteiger partial charge is 0.147 e. The molecule has 0 radical (unpaired) electrons. The number of fused-ring (bicyclic) bond motifs is 3. The van der Waals surface area contributed by atoms with E-state index in [1.54, 1.807) is 12.1 Å². The Kier molecular flexibility index (Phi) is 2.73. The van der Waals surface area contributed by atoms with Gasteiger partial charge in [-0.25, -0.2) is 4.68 Å². The molecule has 110 valence electrons. The number of hydrogen-bond acceptors (Lipinski definition) is 3. The molecular weight excluding hydrogens is 274 g/mol. The molecule has 2 heterocycles. The molecule has 1 aliphatic heterocycles. The Morgan fingerprint density at radius 3 is 2.59 bits per heavy atom. The number of phenols is 1. The second-order valence-corrected chi connectivity index (χ2v) is 5.80. The zero-order valence-corrected chi connectivity index (χ0v) is 12.5. The Hall–Kier alpha value is -2.75. The number of aryl methyl sites for hydroxylation is 2. The molecule has 0 spiro atoms. The minimum Gasteiger partial charge on any atom is -0.508 e. The van der Waals surface area contributed by atoms with Crippen molar-refractivity contribution in [2.75, 3.05) is 5.32 Å². The lowest BCUT2D eigenvalue weighted by Crippen LogP contribution is -2.25. The lowest BCUT2D eigenvalue weighted by Gasteiger charge is -2.29. The molecule has 4 rings (SSSR count). The highest BCUT2D eigenvalue weighted by atomic mass is 16.3. The Morgan fingerprint density at radius 2 is 1.82 bits per heavy atom. The van der Waals surface area contributed by atoms with Crippen LogP contribution in [0.15, 0.2) is 48.5 Å². The van der Waals surface area contributed by atoms with E-state index in [0.29, 0.717) is 0 Å². The van der Waals surface area contributed by atoms with E-state index in [4.69, 9.17) is 0 Å². The highest BCUT2D eigenvalue weighted by molar-refractivity contribution is 5.79. The van der Waals surface area contributed by atoms with Gasteiger partial charge in [0.15, 0.2) is 0 Å². The van der Waals surface area contributed by atoms with Gasteiger partial charge >= 0.3 is 0 Å². The SMILES string of the molecule is Cc1ccc2c(c1)-c1cc(C)nn1[C@@H](c1ccc(O)cc1)N2. The minimum absolute atomic E-state index is 0.0699. The van der Waals surface area contributed by atoms with Crippen LogP contribution in [0.1, 0.15) is 23.0 Å². The zero-order valence-electron chi connectivity index (χ0n) is 12.5. The van der Waals surface area contributed by atoms with E-state index in [2.05, 4.69) is 41.6 Å². The predicted octanol–water partition coefficient (Wildman–Crippen LogP) is 3.84. The van der Waals surface area contributed by atoms with E-state index in [1.165, 1.54) is 11.1 Å². The first-order valence-corrected chi connectivity index (χ1v) is 7.34. The number of nitrogens with zero attached hydrogens (tertiary/aromatic N) is 2. The lowest BCUT2D eigenvalue weighted by molar-refractivity contribution is 0.474. The average Bonchev–Trinajstić information content (AvgIpc) is 2.89. The average molecular weight is 291 g/mol. The lowest BCUT2D eigenvalue weighted by atomic mass is 10.0. The van der Waals surface area contributed by atoms with Gasteiger partial charge in [0.1, 0.15) is 11.9 Å². The van der Waals surface area contributed by atoms with Crippen LogP contribution in [-0.4, -0.2) is 14.9 Å². The van der Waals surface area contributed by atoms with Gasteiger partial charge in [-0.1, -0.05) is 23.8 Å². The standard InChI is InChI=1S/C18H17N3O/c1-11-3-8-16-15(9-11)17-10-12(2)20-21(17)18(19-16)13-4-6-14(22)7-5-13/h3-10,18-19,22H,1-2H3/t18-/m0/s1. The molecule has 0 saturated heterocycles. The zero-order chi connectivity index (χ0) is 15.3. The Bertz CT molecular complexity index is 849. The second kappa shape index (κ2) is 4.63. The number of aromatic hydroxyl groups is 1. The number of anilines is 1. The van der Waals surface area contributed by atoms with Crippen molar-refractivity contribution in [1.29, 1.82) is 0 Å². The van der Waals surface area contributed by atoms with Crippen LogP contribution in [0, 0.1) is 13.8 Å². The summed E-state index contributed by atoms with van der Waals surface area (Å²) in [6.07, 6.45) is -0.0699. The molecule has 0 unspecified atom stereocenters. The van der Waals surface area contributed by atoms with Gasteiger partial charge in [-0.15, -0.1) is 0 Å². The van der Waals surface area contributed by atoms with Crippen molar-refractivity contribution in [2.45, 2.75) is 20.0 Å². The highest BCUT2D eigenvalue weighted by Gasteiger charge is 2.26. The normalized spacial score (nSPS) is 15.8. The van der Waals surface area contributed by atoms with Gasteiger partial charge in [-0.05, 0) is 49.7 Å². The molecule has 0 aliphatic carbocycles. The molecule has 1 atom stereocenters. The number of benzene rings is 2. The molecule has 2 aromatic carbocycles. The van der Waals surface area contributed by atoms with Crippen LogP contribution in [0.25, 0.3) is 11.3 Å². The van der Waals surface area contributed by atoms with E-state index < -0.39 is 0 Å². The third kappa shape index (κ3) is 1.96. The van der Waals surface area contributed by atoms with Gasteiger partial charge in [0.25, 0.3) is 0 Å². The molecule has 2 N–H and O–H groups in total. The van der Waals surface area contributed by atoms with E-state index in [0.717, 1.165) is 22.6 Å². The summed E-state index contributed by atoms with van der Waals surface area (Å²) in [5.74, 6) is 0.271. The predicted molar refractivity (Wildman–Crippen MR) is 87.0 cm³/mol. The quantitative estimate of drug-likeness (QED) is 0.716. The number of rotatable bonds is 1. The van der Waals surface area contributed by atoms with Crippen LogP contribution in [0.2, 0.25) is 0 Å². The first kappa shape index (κ1) is 13.0. The molecule has 1 aliphatic rings. The van der Waals surface area contributed by atoms with Crippen molar-refractivity contribution < 1.29 is 5.11 Å². The molecule has 22 heavy (non-hydrogen) atoms. The fourth-order valence-electron chi connectivity index (χ4n) is 3.00. The Balaban J connectivity index is 1.90.